The van der Waals surface area contributed by atoms with Crippen molar-refractivity contribution in [3.05, 3.63) is 36.0 Å². The van der Waals surface area contributed by atoms with Crippen molar-refractivity contribution in [1.82, 2.24) is 15.2 Å². The third-order valence-corrected chi connectivity index (χ3v) is 4.12. The van der Waals surface area contributed by atoms with Crippen LogP contribution in [0.5, 0.6) is 0 Å². The van der Waals surface area contributed by atoms with Gasteiger partial charge in [-0.25, -0.2) is 4.79 Å². The van der Waals surface area contributed by atoms with Crippen molar-refractivity contribution in [2.24, 2.45) is 0 Å². The molecule has 0 bridgehead atoms. The molecule has 0 saturated carbocycles. The summed E-state index contributed by atoms with van der Waals surface area (Å²) in [7, 11) is 1.60. The van der Waals surface area contributed by atoms with Crippen molar-refractivity contribution in [2.45, 2.75) is 25.2 Å². The molecule has 22 heavy (non-hydrogen) atoms. The number of carbonyl (C=O) groups is 1. The molecule has 0 radical (unpaired) electrons. The Hall–Kier alpha value is -2.05. The summed E-state index contributed by atoms with van der Waals surface area (Å²) >= 11 is 0. The van der Waals surface area contributed by atoms with Crippen molar-refractivity contribution in [3.63, 3.8) is 0 Å². The van der Waals surface area contributed by atoms with Crippen LogP contribution in [0.2, 0.25) is 0 Å². The molecule has 3 rings (SSSR count). The van der Waals surface area contributed by atoms with E-state index in [0.29, 0.717) is 26.1 Å². The summed E-state index contributed by atoms with van der Waals surface area (Å²) in [6, 6.07) is 7.81. The predicted octanol–water partition coefficient (Wildman–Crippen LogP) is 1.46. The standard InChI is InChI=1S/C16H21N3O3/c1-22-13-6-12(20)9-19(10-13)16(21)18-8-11-7-17-15-5-3-2-4-14(11)15/h2-5,7,12-13,17,20H,6,8-10H2,1H3,(H,18,21). The number of ether oxygens (including phenoxy) is 1. The number of carbonyl (C=O) groups excluding carboxylic acids is 1. The van der Waals surface area contributed by atoms with E-state index < -0.39 is 6.10 Å². The third kappa shape index (κ3) is 3.08. The van der Waals surface area contributed by atoms with Crippen LogP contribution in [-0.4, -0.2) is 53.4 Å². The van der Waals surface area contributed by atoms with Crippen LogP contribution < -0.4 is 5.32 Å². The second kappa shape index (κ2) is 6.37. The van der Waals surface area contributed by atoms with Gasteiger partial charge in [0.2, 0.25) is 0 Å². The number of nitrogens with zero attached hydrogens (tertiary/aromatic N) is 1. The molecule has 1 aromatic carbocycles. The Morgan fingerprint density at radius 3 is 3.09 bits per heavy atom. The van der Waals surface area contributed by atoms with E-state index in [4.69, 9.17) is 4.74 Å². The van der Waals surface area contributed by atoms with E-state index in [1.54, 1.807) is 12.0 Å². The lowest BCUT2D eigenvalue weighted by molar-refractivity contribution is -0.0156. The Morgan fingerprint density at radius 1 is 1.45 bits per heavy atom. The topological polar surface area (TPSA) is 77.6 Å². The lowest BCUT2D eigenvalue weighted by Crippen LogP contribution is -2.52. The molecule has 1 saturated heterocycles. The number of nitrogens with one attached hydrogen (secondary N) is 2. The fraction of sp³-hybridized carbons (Fsp3) is 0.438. The SMILES string of the molecule is COC1CC(O)CN(C(=O)NCc2c[nH]c3ccccc23)C1. The molecule has 1 aromatic heterocycles. The molecule has 2 aromatic rings. The number of aromatic amines is 1. The van der Waals surface area contributed by atoms with E-state index >= 15 is 0 Å². The number of hydrogen-bond donors (Lipinski definition) is 3. The fourth-order valence-corrected chi connectivity index (χ4v) is 2.92. The van der Waals surface area contributed by atoms with Gasteiger partial charge in [0.1, 0.15) is 0 Å². The first kappa shape index (κ1) is 14.9. The molecule has 0 aliphatic carbocycles. The second-order valence-electron chi connectivity index (χ2n) is 5.67. The maximum atomic E-state index is 12.3. The minimum absolute atomic E-state index is 0.109. The summed E-state index contributed by atoms with van der Waals surface area (Å²) in [5.74, 6) is 0. The summed E-state index contributed by atoms with van der Waals surface area (Å²) in [5, 5.41) is 13.8. The summed E-state index contributed by atoms with van der Waals surface area (Å²) in [6.45, 7) is 1.31. The second-order valence-corrected chi connectivity index (χ2v) is 5.67. The number of aliphatic hydroxyl groups excluding tert-OH is 1. The highest BCUT2D eigenvalue weighted by molar-refractivity contribution is 5.83. The Labute approximate surface area is 129 Å². The van der Waals surface area contributed by atoms with Crippen molar-refractivity contribution in [3.8, 4) is 0 Å². The zero-order chi connectivity index (χ0) is 15.5. The number of urea groups is 1. The molecule has 1 aliphatic rings. The highest BCUT2D eigenvalue weighted by atomic mass is 16.5. The lowest BCUT2D eigenvalue weighted by atomic mass is 10.1. The van der Waals surface area contributed by atoms with Gasteiger partial charge in [-0.2, -0.15) is 0 Å². The highest BCUT2D eigenvalue weighted by Crippen LogP contribution is 2.18. The first-order valence-electron chi connectivity index (χ1n) is 7.46. The van der Waals surface area contributed by atoms with E-state index in [-0.39, 0.29) is 12.1 Å². The maximum absolute atomic E-state index is 12.3. The van der Waals surface area contributed by atoms with Crippen molar-refractivity contribution in [2.75, 3.05) is 20.2 Å². The number of aromatic nitrogens is 1. The van der Waals surface area contributed by atoms with E-state index in [2.05, 4.69) is 10.3 Å². The van der Waals surface area contributed by atoms with E-state index in [1.807, 2.05) is 30.5 Å². The van der Waals surface area contributed by atoms with Crippen LogP contribution in [0.15, 0.2) is 30.5 Å². The van der Waals surface area contributed by atoms with Crippen LogP contribution in [-0.2, 0) is 11.3 Å². The van der Waals surface area contributed by atoms with Crippen molar-refractivity contribution < 1.29 is 14.6 Å². The lowest BCUT2D eigenvalue weighted by Gasteiger charge is -2.34. The molecule has 2 atom stereocenters. The van der Waals surface area contributed by atoms with Crippen molar-refractivity contribution in [1.29, 1.82) is 0 Å². The quantitative estimate of drug-likeness (QED) is 0.803. The first-order chi connectivity index (χ1) is 10.7. The van der Waals surface area contributed by atoms with Crippen molar-refractivity contribution >= 4 is 16.9 Å². The predicted molar refractivity (Wildman–Crippen MR) is 83.5 cm³/mol. The number of piperidine rings is 1. The third-order valence-electron chi connectivity index (χ3n) is 4.12. The molecule has 0 spiro atoms. The zero-order valence-electron chi connectivity index (χ0n) is 12.6. The van der Waals surface area contributed by atoms with Gasteiger partial charge in [0.15, 0.2) is 0 Å². The first-order valence-corrected chi connectivity index (χ1v) is 7.46. The van der Waals surface area contributed by atoms with Crippen LogP contribution in [0.3, 0.4) is 0 Å². The summed E-state index contributed by atoms with van der Waals surface area (Å²) in [6.07, 6.45) is 1.84. The largest absolute Gasteiger partial charge is 0.391 e. The molecular weight excluding hydrogens is 282 g/mol. The number of hydrogen-bond acceptors (Lipinski definition) is 3. The summed E-state index contributed by atoms with van der Waals surface area (Å²) in [4.78, 5) is 17.1. The average molecular weight is 303 g/mol. The van der Waals surface area contributed by atoms with Gasteiger partial charge < -0.3 is 25.0 Å². The Balaban J connectivity index is 1.62. The molecule has 2 amide bonds. The number of H-pyrrole nitrogens is 1. The molecule has 6 heteroatoms. The Bertz CT molecular complexity index is 655. The number of β-amino-alcohol motifs (C(OH)–C–C–N with tert-alkyl or cyclic N) is 1. The highest BCUT2D eigenvalue weighted by Gasteiger charge is 2.28. The number of aliphatic hydroxyl groups is 1. The fourth-order valence-electron chi connectivity index (χ4n) is 2.92. The molecule has 118 valence electrons. The van der Waals surface area contributed by atoms with E-state index in [0.717, 1.165) is 16.5 Å². The molecular formula is C16H21N3O3. The van der Waals surface area contributed by atoms with Gasteiger partial charge in [0, 0.05) is 50.3 Å². The van der Waals surface area contributed by atoms with Gasteiger partial charge in [-0.3, -0.25) is 0 Å². The van der Waals surface area contributed by atoms with Crippen LogP contribution in [0.1, 0.15) is 12.0 Å². The van der Waals surface area contributed by atoms with E-state index in [1.165, 1.54) is 0 Å². The number of likely N-dealkylation sites (tertiary alicyclic amines) is 1. The molecule has 2 unspecified atom stereocenters. The minimum atomic E-state index is -0.530. The molecule has 1 fully saturated rings. The summed E-state index contributed by atoms with van der Waals surface area (Å²) in [5.41, 5.74) is 2.10. The van der Waals surface area contributed by atoms with Gasteiger partial charge in [0.05, 0.1) is 12.2 Å². The van der Waals surface area contributed by atoms with Gasteiger partial charge >= 0.3 is 6.03 Å². The van der Waals surface area contributed by atoms with E-state index in [9.17, 15) is 9.90 Å². The Kier molecular flexibility index (Phi) is 4.31. The van der Waals surface area contributed by atoms with Gasteiger partial charge in [-0.15, -0.1) is 0 Å². The molecule has 3 N–H and O–H groups in total. The average Bonchev–Trinajstić information content (AvgIpc) is 2.95. The van der Waals surface area contributed by atoms with Gasteiger partial charge in [-0.05, 0) is 11.6 Å². The van der Waals surface area contributed by atoms with Gasteiger partial charge in [0.25, 0.3) is 0 Å². The van der Waals surface area contributed by atoms with Gasteiger partial charge in [-0.1, -0.05) is 18.2 Å². The molecule has 2 heterocycles. The number of methoxy groups -OCH3 is 1. The number of rotatable bonds is 3. The number of para-hydroxylation sites is 1. The minimum Gasteiger partial charge on any atom is -0.391 e. The molecule has 6 nitrogen and oxygen atoms in total. The number of fused-ring (bicyclic) bond motifs is 1. The number of amides is 2. The van der Waals surface area contributed by atoms with Crippen LogP contribution in [0.25, 0.3) is 10.9 Å². The Morgan fingerprint density at radius 2 is 2.27 bits per heavy atom. The summed E-state index contributed by atoms with van der Waals surface area (Å²) < 4.78 is 5.26. The zero-order valence-corrected chi connectivity index (χ0v) is 12.6. The van der Waals surface area contributed by atoms with Crippen LogP contribution in [0, 0.1) is 0 Å². The smallest absolute Gasteiger partial charge is 0.317 e. The van der Waals surface area contributed by atoms with Crippen LogP contribution in [0.4, 0.5) is 4.79 Å². The van der Waals surface area contributed by atoms with Crippen LogP contribution >= 0.6 is 0 Å². The molecule has 1 aliphatic heterocycles. The number of benzene rings is 1. The monoisotopic (exact) mass is 303 g/mol. The normalized spacial score (nSPS) is 22.0. The maximum Gasteiger partial charge on any atom is 0.317 e.